The molecule has 1 aliphatic heterocycles. The molecule has 2 aromatic heterocycles. The molecule has 5 rings (SSSR count). The minimum absolute atomic E-state index is 0.213. The standard InChI is InChI=1S/C31H34N6O5/c38-28(31(40)35-42-21-18-36-16-19-41-20-17-36)27(22-23-8-3-1-4-9-23)33-30(39)25-12-7-14-32-29(25)37-15-13-26(34-37)24-10-5-2-6-11-24/h1-15,27-28,38H,16-22H2,(H,33,39)(H,35,40). The summed E-state index contributed by atoms with van der Waals surface area (Å²) in [7, 11) is 0. The predicted molar refractivity (Wildman–Crippen MR) is 156 cm³/mol. The Morgan fingerprint density at radius 1 is 0.976 bits per heavy atom. The van der Waals surface area contributed by atoms with E-state index in [-0.39, 0.29) is 18.6 Å². The van der Waals surface area contributed by atoms with Crippen LogP contribution >= 0.6 is 0 Å². The zero-order valence-corrected chi connectivity index (χ0v) is 23.1. The van der Waals surface area contributed by atoms with Crippen molar-refractivity contribution in [2.45, 2.75) is 18.6 Å². The molecule has 3 heterocycles. The number of hydroxylamine groups is 1. The van der Waals surface area contributed by atoms with Crippen molar-refractivity contribution in [3.05, 3.63) is 102 Å². The highest BCUT2D eigenvalue weighted by Gasteiger charge is 2.29. The summed E-state index contributed by atoms with van der Waals surface area (Å²) in [5.41, 5.74) is 5.08. The molecule has 218 valence electrons. The molecule has 1 saturated heterocycles. The fraction of sp³-hybridized carbons (Fsp3) is 0.290. The minimum atomic E-state index is -1.58. The van der Waals surface area contributed by atoms with Gasteiger partial charge in [0, 0.05) is 37.6 Å². The number of nitrogens with zero attached hydrogens (tertiary/aromatic N) is 4. The van der Waals surface area contributed by atoms with Crippen LogP contribution in [0, 0.1) is 0 Å². The average Bonchev–Trinajstić information content (AvgIpc) is 3.54. The maximum atomic E-state index is 13.6. The first kappa shape index (κ1) is 29.1. The monoisotopic (exact) mass is 570 g/mol. The van der Waals surface area contributed by atoms with E-state index in [9.17, 15) is 14.7 Å². The van der Waals surface area contributed by atoms with Gasteiger partial charge in [0.05, 0.1) is 37.1 Å². The van der Waals surface area contributed by atoms with Crippen LogP contribution in [0.1, 0.15) is 15.9 Å². The van der Waals surface area contributed by atoms with Gasteiger partial charge in [-0.1, -0.05) is 60.7 Å². The van der Waals surface area contributed by atoms with E-state index >= 15 is 0 Å². The first-order chi connectivity index (χ1) is 20.6. The van der Waals surface area contributed by atoms with Gasteiger partial charge in [0.15, 0.2) is 11.9 Å². The number of carbonyl (C=O) groups is 2. The van der Waals surface area contributed by atoms with Crippen LogP contribution in [0.2, 0.25) is 0 Å². The predicted octanol–water partition coefficient (Wildman–Crippen LogP) is 2.02. The molecule has 0 radical (unpaired) electrons. The Hall–Kier alpha value is -4.42. The van der Waals surface area contributed by atoms with Crippen LogP contribution in [0.15, 0.2) is 91.3 Å². The van der Waals surface area contributed by atoms with Crippen LogP contribution in [0.3, 0.4) is 0 Å². The largest absolute Gasteiger partial charge is 0.381 e. The van der Waals surface area contributed by atoms with Crippen LogP contribution in [0.25, 0.3) is 17.1 Å². The van der Waals surface area contributed by atoms with E-state index in [0.29, 0.717) is 25.6 Å². The van der Waals surface area contributed by atoms with Crippen LogP contribution in [0.4, 0.5) is 0 Å². The lowest BCUT2D eigenvalue weighted by Gasteiger charge is -2.26. The van der Waals surface area contributed by atoms with Gasteiger partial charge in [0.1, 0.15) is 0 Å². The van der Waals surface area contributed by atoms with Crippen LogP contribution in [-0.4, -0.2) is 88.2 Å². The Bertz CT molecular complexity index is 1440. The Morgan fingerprint density at radius 3 is 2.48 bits per heavy atom. The van der Waals surface area contributed by atoms with Gasteiger partial charge in [-0.25, -0.2) is 15.1 Å². The first-order valence-corrected chi connectivity index (χ1v) is 13.9. The second kappa shape index (κ2) is 14.5. The van der Waals surface area contributed by atoms with Crippen molar-refractivity contribution in [3.63, 3.8) is 0 Å². The maximum absolute atomic E-state index is 13.6. The summed E-state index contributed by atoms with van der Waals surface area (Å²) in [5, 5.41) is 18.5. The van der Waals surface area contributed by atoms with Crippen molar-refractivity contribution in [3.8, 4) is 17.1 Å². The SMILES string of the molecule is O=C(NC(Cc1ccccc1)C(O)C(=O)NOCCN1CCOCC1)c1cccnc1-n1ccc(-c2ccccc2)n1. The number of hydrogen-bond donors (Lipinski definition) is 3. The number of aliphatic hydroxyl groups excluding tert-OH is 1. The van der Waals surface area contributed by atoms with Gasteiger partial charge in [-0.2, -0.15) is 5.10 Å². The summed E-state index contributed by atoms with van der Waals surface area (Å²) < 4.78 is 6.87. The number of nitrogens with one attached hydrogen (secondary N) is 2. The topological polar surface area (TPSA) is 131 Å². The summed E-state index contributed by atoms with van der Waals surface area (Å²) in [6.07, 6.45) is 1.95. The van der Waals surface area contributed by atoms with Crippen molar-refractivity contribution in [1.29, 1.82) is 0 Å². The second-order valence-corrected chi connectivity index (χ2v) is 9.87. The second-order valence-electron chi connectivity index (χ2n) is 9.87. The van der Waals surface area contributed by atoms with E-state index in [1.165, 1.54) is 4.68 Å². The molecule has 4 aromatic rings. The number of aromatic nitrogens is 3. The fourth-order valence-electron chi connectivity index (χ4n) is 4.68. The minimum Gasteiger partial charge on any atom is -0.381 e. The molecule has 0 bridgehead atoms. The van der Waals surface area contributed by atoms with Crippen molar-refractivity contribution in [1.82, 2.24) is 30.5 Å². The quantitative estimate of drug-likeness (QED) is 0.174. The Labute approximate surface area is 244 Å². The highest BCUT2D eigenvalue weighted by Crippen LogP contribution is 2.19. The summed E-state index contributed by atoms with van der Waals surface area (Å²) in [6, 6.07) is 23.2. The normalized spacial score (nSPS) is 15.1. The van der Waals surface area contributed by atoms with Gasteiger partial charge in [-0.3, -0.25) is 19.3 Å². The number of amides is 2. The summed E-state index contributed by atoms with van der Waals surface area (Å²) >= 11 is 0. The summed E-state index contributed by atoms with van der Waals surface area (Å²) in [4.78, 5) is 38.4. The summed E-state index contributed by atoms with van der Waals surface area (Å²) in [5.74, 6) is -0.930. The third-order valence-corrected chi connectivity index (χ3v) is 6.96. The molecule has 2 amide bonds. The number of morpholine rings is 1. The number of aliphatic hydroxyl groups is 1. The van der Waals surface area contributed by atoms with E-state index in [0.717, 1.165) is 29.9 Å². The molecule has 0 aliphatic carbocycles. The lowest BCUT2D eigenvalue weighted by Crippen LogP contribution is -2.52. The third-order valence-electron chi connectivity index (χ3n) is 6.96. The molecule has 2 unspecified atom stereocenters. The lowest BCUT2D eigenvalue weighted by molar-refractivity contribution is -0.144. The van der Waals surface area contributed by atoms with Gasteiger partial charge in [0.2, 0.25) is 0 Å². The van der Waals surface area contributed by atoms with Crippen LogP contribution in [0.5, 0.6) is 0 Å². The van der Waals surface area contributed by atoms with Crippen molar-refractivity contribution >= 4 is 11.8 Å². The molecule has 3 N–H and O–H groups in total. The zero-order valence-electron chi connectivity index (χ0n) is 23.1. The Morgan fingerprint density at radius 2 is 1.71 bits per heavy atom. The van der Waals surface area contributed by atoms with Crippen LogP contribution < -0.4 is 10.8 Å². The fourth-order valence-corrected chi connectivity index (χ4v) is 4.68. The molecule has 11 nitrogen and oxygen atoms in total. The number of pyridine rings is 1. The molecule has 1 fully saturated rings. The molecule has 11 heteroatoms. The van der Waals surface area contributed by atoms with Gasteiger partial charge >= 0.3 is 0 Å². The molecule has 42 heavy (non-hydrogen) atoms. The number of hydrogen-bond acceptors (Lipinski definition) is 8. The van der Waals surface area contributed by atoms with Crippen LogP contribution in [-0.2, 0) is 20.8 Å². The number of rotatable bonds is 12. The molecule has 0 saturated carbocycles. The Kier molecular flexibility index (Phi) is 10.0. The van der Waals surface area contributed by atoms with E-state index in [1.807, 2.05) is 66.7 Å². The van der Waals surface area contributed by atoms with Gasteiger partial charge in [0.25, 0.3) is 11.8 Å². The van der Waals surface area contributed by atoms with E-state index in [4.69, 9.17) is 9.57 Å². The maximum Gasteiger partial charge on any atom is 0.274 e. The van der Waals surface area contributed by atoms with Gasteiger partial charge < -0.3 is 15.2 Å². The molecule has 1 aliphatic rings. The Balaban J connectivity index is 1.28. The van der Waals surface area contributed by atoms with E-state index in [2.05, 4.69) is 25.8 Å². The third kappa shape index (κ3) is 7.65. The average molecular weight is 571 g/mol. The van der Waals surface area contributed by atoms with Crippen molar-refractivity contribution in [2.75, 3.05) is 39.5 Å². The van der Waals surface area contributed by atoms with Crippen molar-refractivity contribution < 1.29 is 24.3 Å². The van der Waals surface area contributed by atoms with Crippen molar-refractivity contribution in [2.24, 2.45) is 0 Å². The van der Waals surface area contributed by atoms with Gasteiger partial charge in [-0.05, 0) is 30.2 Å². The molecular formula is C31H34N6O5. The van der Waals surface area contributed by atoms with Gasteiger partial charge in [-0.15, -0.1) is 0 Å². The highest BCUT2D eigenvalue weighted by molar-refractivity contribution is 5.97. The first-order valence-electron chi connectivity index (χ1n) is 13.9. The lowest BCUT2D eigenvalue weighted by atomic mass is 10.00. The molecule has 2 aromatic carbocycles. The highest BCUT2D eigenvalue weighted by atomic mass is 16.7. The van der Waals surface area contributed by atoms with E-state index in [1.54, 1.807) is 24.5 Å². The zero-order chi connectivity index (χ0) is 29.1. The van der Waals surface area contributed by atoms with E-state index < -0.39 is 24.0 Å². The molecule has 2 atom stereocenters. The summed E-state index contributed by atoms with van der Waals surface area (Å²) in [6.45, 7) is 3.80. The molecular weight excluding hydrogens is 536 g/mol. The smallest absolute Gasteiger partial charge is 0.274 e. The molecule has 0 spiro atoms. The number of benzene rings is 2. The number of carbonyl (C=O) groups excluding carboxylic acids is 2. The number of ether oxygens (including phenoxy) is 1.